The zero-order valence-corrected chi connectivity index (χ0v) is 26.0. The Morgan fingerprint density at radius 3 is 2.43 bits per heavy atom. The number of piperidine rings is 1. The standard InChI is InChI=1S/C32H33F4N3O6S/c1-21-13-17-39(18-14-21)16-5-19-43-28-11-9-23-25(12-15-37-30(23)31(28)42-2)44-26-10-8-22(20-24(26)33)38-46(40,41)29-7-4-3-6-27(29)45-32(34,35)36/h3-4,6-12,15,20-21,38H,5,13-14,16-19H2,1-2H3. The second-order valence-electron chi connectivity index (χ2n) is 10.9. The van der Waals surface area contributed by atoms with Gasteiger partial charge in [-0.3, -0.25) is 9.71 Å². The third-order valence-corrected chi connectivity index (χ3v) is 8.94. The number of methoxy groups -OCH3 is 1. The Morgan fingerprint density at radius 2 is 1.72 bits per heavy atom. The number of rotatable bonds is 12. The molecule has 246 valence electrons. The fourth-order valence-corrected chi connectivity index (χ4v) is 6.34. The third-order valence-electron chi connectivity index (χ3n) is 7.52. The molecule has 0 aliphatic carbocycles. The minimum Gasteiger partial charge on any atom is -0.491 e. The fraction of sp³-hybridized carbons (Fsp3) is 0.344. The second-order valence-corrected chi connectivity index (χ2v) is 12.5. The quantitative estimate of drug-likeness (QED) is 0.124. The maximum Gasteiger partial charge on any atom is 0.573 e. The van der Waals surface area contributed by atoms with E-state index in [0.29, 0.717) is 29.0 Å². The van der Waals surface area contributed by atoms with Gasteiger partial charge < -0.3 is 23.8 Å². The largest absolute Gasteiger partial charge is 0.573 e. The van der Waals surface area contributed by atoms with Crippen LogP contribution in [-0.4, -0.2) is 58.0 Å². The number of likely N-dealkylation sites (tertiary alicyclic amines) is 1. The summed E-state index contributed by atoms with van der Waals surface area (Å²) in [4.78, 5) is 6.09. The van der Waals surface area contributed by atoms with Crippen molar-refractivity contribution in [3.05, 3.63) is 72.7 Å². The van der Waals surface area contributed by atoms with Crippen LogP contribution in [0.5, 0.6) is 28.7 Å². The van der Waals surface area contributed by atoms with Crippen LogP contribution in [0.15, 0.2) is 71.8 Å². The van der Waals surface area contributed by atoms with E-state index >= 15 is 4.39 Å². The summed E-state index contributed by atoms with van der Waals surface area (Å²) in [5.41, 5.74) is 0.191. The molecule has 0 bridgehead atoms. The van der Waals surface area contributed by atoms with Gasteiger partial charge in [0.2, 0.25) is 0 Å². The van der Waals surface area contributed by atoms with Crippen molar-refractivity contribution in [1.29, 1.82) is 0 Å². The molecule has 1 saturated heterocycles. The Kier molecular flexibility index (Phi) is 10.1. The van der Waals surface area contributed by atoms with Crippen LogP contribution in [-0.2, 0) is 10.0 Å². The molecule has 1 N–H and O–H groups in total. The number of aromatic nitrogens is 1. The van der Waals surface area contributed by atoms with E-state index in [-0.39, 0.29) is 17.2 Å². The molecule has 2 heterocycles. The van der Waals surface area contributed by atoms with Crippen LogP contribution in [0.3, 0.4) is 0 Å². The van der Waals surface area contributed by atoms with Crippen LogP contribution >= 0.6 is 0 Å². The van der Waals surface area contributed by atoms with Crippen molar-refractivity contribution in [2.24, 2.45) is 5.92 Å². The maximum atomic E-state index is 15.2. The van der Waals surface area contributed by atoms with Crippen LogP contribution in [0.4, 0.5) is 23.2 Å². The predicted molar refractivity (Wildman–Crippen MR) is 164 cm³/mol. The van der Waals surface area contributed by atoms with E-state index in [9.17, 15) is 21.6 Å². The van der Waals surface area contributed by atoms with E-state index in [1.807, 2.05) is 0 Å². The topological polar surface area (TPSA) is 99.2 Å². The van der Waals surface area contributed by atoms with Crippen molar-refractivity contribution >= 4 is 26.6 Å². The summed E-state index contributed by atoms with van der Waals surface area (Å²) >= 11 is 0. The molecule has 1 aromatic heterocycles. The van der Waals surface area contributed by atoms with E-state index in [4.69, 9.17) is 14.2 Å². The number of para-hydroxylation sites is 1. The molecule has 1 aliphatic rings. The zero-order chi connectivity index (χ0) is 32.9. The Labute approximate surface area is 264 Å². The van der Waals surface area contributed by atoms with E-state index in [1.165, 1.54) is 56.5 Å². The molecule has 1 fully saturated rings. The summed E-state index contributed by atoms with van der Waals surface area (Å²) in [6.45, 7) is 5.92. The smallest absolute Gasteiger partial charge is 0.491 e. The van der Waals surface area contributed by atoms with Gasteiger partial charge in [0.1, 0.15) is 21.9 Å². The minimum atomic E-state index is -5.11. The second kappa shape index (κ2) is 14.0. The summed E-state index contributed by atoms with van der Waals surface area (Å²) in [6.07, 6.45) is -0.366. The lowest BCUT2D eigenvalue weighted by Gasteiger charge is -2.30. The van der Waals surface area contributed by atoms with Gasteiger partial charge in [0.05, 0.1) is 19.4 Å². The van der Waals surface area contributed by atoms with Crippen LogP contribution in [0.1, 0.15) is 26.2 Å². The van der Waals surface area contributed by atoms with Crippen LogP contribution in [0, 0.1) is 11.7 Å². The molecule has 46 heavy (non-hydrogen) atoms. The molecule has 4 aromatic rings. The van der Waals surface area contributed by atoms with Gasteiger partial charge >= 0.3 is 6.36 Å². The minimum absolute atomic E-state index is 0.234. The highest BCUT2D eigenvalue weighted by atomic mass is 32.2. The monoisotopic (exact) mass is 663 g/mol. The summed E-state index contributed by atoms with van der Waals surface area (Å²) in [5, 5.41) is 0.514. The lowest BCUT2D eigenvalue weighted by Crippen LogP contribution is -2.34. The number of fused-ring (bicyclic) bond motifs is 1. The van der Waals surface area contributed by atoms with Crippen molar-refractivity contribution in [2.45, 2.75) is 37.4 Å². The molecule has 0 unspecified atom stereocenters. The summed E-state index contributed by atoms with van der Waals surface area (Å²) in [7, 11) is -3.08. The number of sulfonamides is 1. The SMILES string of the molecule is COc1c(OCCCN2CCC(C)CC2)ccc2c(Oc3ccc(NS(=O)(=O)c4ccccc4OC(F)(F)F)cc3F)ccnc12. The van der Waals surface area contributed by atoms with Gasteiger partial charge in [-0.2, -0.15) is 0 Å². The van der Waals surface area contributed by atoms with Crippen LogP contribution < -0.4 is 23.7 Å². The number of ether oxygens (including phenoxy) is 4. The molecule has 0 atom stereocenters. The number of nitrogens with zero attached hydrogens (tertiary/aromatic N) is 2. The normalized spacial score (nSPS) is 14.7. The number of anilines is 1. The molecule has 0 spiro atoms. The highest BCUT2D eigenvalue weighted by Crippen LogP contribution is 2.40. The summed E-state index contributed by atoms with van der Waals surface area (Å²) in [6, 6.07) is 12.5. The number of pyridine rings is 1. The number of hydrogen-bond acceptors (Lipinski definition) is 8. The summed E-state index contributed by atoms with van der Waals surface area (Å²) in [5.74, 6) is -0.160. The molecular formula is C32H33F4N3O6S. The maximum absolute atomic E-state index is 15.2. The molecule has 5 rings (SSSR count). The molecule has 9 nitrogen and oxygen atoms in total. The molecule has 0 amide bonds. The van der Waals surface area contributed by atoms with Gasteiger partial charge in [-0.15, -0.1) is 13.2 Å². The number of benzene rings is 3. The van der Waals surface area contributed by atoms with Crippen molar-refractivity contribution in [3.8, 4) is 28.7 Å². The van der Waals surface area contributed by atoms with Gasteiger partial charge in [-0.25, -0.2) is 12.8 Å². The van der Waals surface area contributed by atoms with E-state index in [2.05, 4.69) is 26.3 Å². The Bertz CT molecular complexity index is 1780. The molecule has 1 aliphatic heterocycles. The lowest BCUT2D eigenvalue weighted by molar-refractivity contribution is -0.275. The highest BCUT2D eigenvalue weighted by molar-refractivity contribution is 7.92. The average molecular weight is 664 g/mol. The first-order valence-corrected chi connectivity index (χ1v) is 16.1. The van der Waals surface area contributed by atoms with E-state index in [0.717, 1.165) is 50.2 Å². The Morgan fingerprint density at radius 1 is 0.978 bits per heavy atom. The molecule has 14 heteroatoms. The lowest BCUT2D eigenvalue weighted by atomic mass is 9.99. The fourth-order valence-electron chi connectivity index (χ4n) is 5.16. The Hall–Kier alpha value is -4.30. The number of halogens is 4. The predicted octanol–water partition coefficient (Wildman–Crippen LogP) is 7.38. The van der Waals surface area contributed by atoms with Gasteiger partial charge in [0.15, 0.2) is 23.1 Å². The number of alkyl halides is 3. The average Bonchev–Trinajstić information content (AvgIpc) is 3.00. The van der Waals surface area contributed by atoms with Crippen molar-refractivity contribution in [1.82, 2.24) is 9.88 Å². The van der Waals surface area contributed by atoms with Crippen molar-refractivity contribution in [2.75, 3.05) is 38.1 Å². The first-order valence-electron chi connectivity index (χ1n) is 14.6. The molecule has 0 radical (unpaired) electrons. The Balaban J connectivity index is 1.28. The van der Waals surface area contributed by atoms with Gasteiger partial charge in [0.25, 0.3) is 10.0 Å². The van der Waals surface area contributed by atoms with Crippen molar-refractivity contribution < 1.29 is 44.9 Å². The van der Waals surface area contributed by atoms with E-state index in [1.54, 1.807) is 12.1 Å². The molecular weight excluding hydrogens is 630 g/mol. The number of nitrogens with one attached hydrogen (secondary N) is 1. The zero-order valence-electron chi connectivity index (χ0n) is 25.1. The third kappa shape index (κ3) is 8.10. The number of hydrogen-bond donors (Lipinski definition) is 1. The molecule has 3 aromatic carbocycles. The summed E-state index contributed by atoms with van der Waals surface area (Å²) < 4.78 is 103. The molecule has 0 saturated carbocycles. The van der Waals surface area contributed by atoms with E-state index < -0.39 is 32.8 Å². The van der Waals surface area contributed by atoms with Gasteiger partial charge in [-0.05, 0) is 80.7 Å². The van der Waals surface area contributed by atoms with Gasteiger partial charge in [-0.1, -0.05) is 19.1 Å². The van der Waals surface area contributed by atoms with Crippen LogP contribution in [0.25, 0.3) is 10.9 Å². The first kappa shape index (κ1) is 33.1. The first-order chi connectivity index (χ1) is 21.9. The van der Waals surface area contributed by atoms with Crippen LogP contribution in [0.2, 0.25) is 0 Å². The van der Waals surface area contributed by atoms with Gasteiger partial charge in [0, 0.05) is 24.2 Å². The highest BCUT2D eigenvalue weighted by Gasteiger charge is 2.34. The van der Waals surface area contributed by atoms with Crippen molar-refractivity contribution in [3.63, 3.8) is 0 Å².